The van der Waals surface area contributed by atoms with Crippen molar-refractivity contribution in [3.63, 3.8) is 0 Å². The van der Waals surface area contributed by atoms with Gasteiger partial charge in [-0.25, -0.2) is 4.79 Å². The van der Waals surface area contributed by atoms with E-state index in [1.54, 1.807) is 12.3 Å². The molecule has 0 spiro atoms. The second kappa shape index (κ2) is 10.5. The van der Waals surface area contributed by atoms with Crippen molar-refractivity contribution in [3.05, 3.63) is 81.5 Å². The number of nitrogens with one attached hydrogen (secondary N) is 2. The van der Waals surface area contributed by atoms with Crippen LogP contribution in [0.1, 0.15) is 33.7 Å². The largest absolute Gasteiger partial charge is 0.490 e. The Morgan fingerprint density at radius 1 is 1.20 bits per heavy atom. The van der Waals surface area contributed by atoms with Crippen molar-refractivity contribution in [1.29, 1.82) is 0 Å². The second-order valence-electron chi connectivity index (χ2n) is 8.01. The number of benzene rings is 1. The molecule has 1 aliphatic rings. The zero-order valence-electron chi connectivity index (χ0n) is 18.6. The molecule has 35 heavy (non-hydrogen) atoms. The van der Waals surface area contributed by atoms with E-state index in [0.29, 0.717) is 5.69 Å². The van der Waals surface area contributed by atoms with E-state index in [-0.39, 0.29) is 11.6 Å². The van der Waals surface area contributed by atoms with Gasteiger partial charge in [-0.15, -0.1) is 0 Å². The molecule has 8 nitrogen and oxygen atoms in total. The quantitative estimate of drug-likeness (QED) is 0.446. The van der Waals surface area contributed by atoms with Gasteiger partial charge in [0.05, 0.1) is 11.9 Å². The molecule has 0 aliphatic heterocycles. The van der Waals surface area contributed by atoms with Gasteiger partial charge in [-0.3, -0.25) is 14.6 Å². The first-order valence-electron chi connectivity index (χ1n) is 10.6. The number of anilines is 1. The van der Waals surface area contributed by atoms with Gasteiger partial charge in [-0.05, 0) is 49.4 Å². The number of amides is 1. The van der Waals surface area contributed by atoms with Crippen molar-refractivity contribution < 1.29 is 27.9 Å². The van der Waals surface area contributed by atoms with E-state index in [4.69, 9.17) is 15.6 Å². The molecule has 1 aromatic carbocycles. The van der Waals surface area contributed by atoms with Crippen molar-refractivity contribution in [1.82, 2.24) is 9.97 Å². The number of rotatable bonds is 3. The van der Waals surface area contributed by atoms with Crippen molar-refractivity contribution in [2.75, 3.05) is 5.32 Å². The predicted molar refractivity (Wildman–Crippen MR) is 123 cm³/mol. The zero-order chi connectivity index (χ0) is 25.8. The van der Waals surface area contributed by atoms with Gasteiger partial charge in [-0.2, -0.15) is 13.2 Å². The summed E-state index contributed by atoms with van der Waals surface area (Å²) < 4.78 is 31.7. The van der Waals surface area contributed by atoms with E-state index in [1.165, 1.54) is 0 Å². The highest BCUT2D eigenvalue weighted by atomic mass is 19.4. The fraction of sp³-hybridized carbons (Fsp3) is 0.250. The average Bonchev–Trinajstić information content (AvgIpc) is 2.79. The molecular formula is C24H23F3N4O4. The molecule has 0 fully saturated rings. The van der Waals surface area contributed by atoms with Gasteiger partial charge < -0.3 is 21.1 Å². The Balaban J connectivity index is 0.000000429. The van der Waals surface area contributed by atoms with Crippen molar-refractivity contribution in [2.45, 2.75) is 38.4 Å². The summed E-state index contributed by atoms with van der Waals surface area (Å²) in [5.74, 6) is -3.22. The maximum atomic E-state index is 12.8. The van der Waals surface area contributed by atoms with Gasteiger partial charge >= 0.3 is 12.1 Å². The number of nitrogens with two attached hydrogens (primary N) is 1. The predicted octanol–water partition coefficient (Wildman–Crippen LogP) is 3.45. The molecule has 11 heteroatoms. The summed E-state index contributed by atoms with van der Waals surface area (Å²) >= 11 is 0. The number of alkyl halides is 3. The van der Waals surface area contributed by atoms with Crippen LogP contribution in [0.2, 0.25) is 0 Å². The summed E-state index contributed by atoms with van der Waals surface area (Å²) in [5, 5.41) is 9.92. The van der Waals surface area contributed by atoms with Crippen LogP contribution in [0.15, 0.2) is 53.5 Å². The number of pyridine rings is 2. The van der Waals surface area contributed by atoms with Crippen LogP contribution in [0.4, 0.5) is 18.9 Å². The molecule has 0 saturated carbocycles. The summed E-state index contributed by atoms with van der Waals surface area (Å²) in [7, 11) is 0. The number of H-pyrrole nitrogens is 1. The van der Waals surface area contributed by atoms with Crippen LogP contribution in [0.5, 0.6) is 0 Å². The molecule has 1 atom stereocenters. The fourth-order valence-electron chi connectivity index (χ4n) is 3.62. The molecule has 184 valence electrons. The maximum Gasteiger partial charge on any atom is 0.490 e. The molecule has 3 aromatic rings. The van der Waals surface area contributed by atoms with Crippen molar-refractivity contribution in [3.8, 4) is 11.1 Å². The van der Waals surface area contributed by atoms with E-state index < -0.39 is 23.6 Å². The van der Waals surface area contributed by atoms with Gasteiger partial charge in [0.15, 0.2) is 0 Å². The molecule has 0 saturated heterocycles. The summed E-state index contributed by atoms with van der Waals surface area (Å²) in [4.78, 5) is 41.3. The zero-order valence-corrected chi connectivity index (χ0v) is 18.6. The number of aryl methyl sites for hydroxylation is 2. The number of carbonyl (C=O) groups is 2. The lowest BCUT2D eigenvalue weighted by Gasteiger charge is -2.21. The van der Waals surface area contributed by atoms with Crippen LogP contribution in [0.3, 0.4) is 0 Å². The van der Waals surface area contributed by atoms with Crippen LogP contribution in [0.25, 0.3) is 11.1 Å². The molecular weight excluding hydrogens is 465 g/mol. The third-order valence-electron chi connectivity index (χ3n) is 5.36. The Labute approximate surface area is 198 Å². The number of carboxylic acids is 1. The van der Waals surface area contributed by atoms with Gasteiger partial charge in [0, 0.05) is 23.0 Å². The number of aromatic nitrogens is 2. The molecule has 4 rings (SSSR count). The van der Waals surface area contributed by atoms with Gasteiger partial charge in [0.25, 0.3) is 11.5 Å². The van der Waals surface area contributed by atoms with Crippen LogP contribution >= 0.6 is 0 Å². The molecule has 2 aromatic heterocycles. The smallest absolute Gasteiger partial charge is 0.475 e. The number of hydrogen-bond donors (Lipinski definition) is 4. The van der Waals surface area contributed by atoms with E-state index in [1.807, 2.05) is 43.3 Å². The van der Waals surface area contributed by atoms with Crippen LogP contribution in [-0.4, -0.2) is 39.2 Å². The molecule has 0 bridgehead atoms. The van der Waals surface area contributed by atoms with E-state index in [0.717, 1.165) is 47.3 Å². The summed E-state index contributed by atoms with van der Waals surface area (Å²) in [6.07, 6.45) is -0.932. The third-order valence-corrected chi connectivity index (χ3v) is 5.36. The minimum Gasteiger partial charge on any atom is -0.475 e. The molecule has 1 amide bonds. The minimum atomic E-state index is -5.08. The lowest BCUT2D eigenvalue weighted by Crippen LogP contribution is -2.28. The minimum absolute atomic E-state index is 0.0684. The monoisotopic (exact) mass is 488 g/mol. The highest BCUT2D eigenvalue weighted by molar-refractivity contribution is 6.04. The topological polar surface area (TPSA) is 138 Å². The van der Waals surface area contributed by atoms with Crippen LogP contribution in [-0.2, 0) is 17.6 Å². The van der Waals surface area contributed by atoms with Crippen LogP contribution < -0.4 is 16.6 Å². The number of carbonyl (C=O) groups excluding carboxylic acids is 1. The number of aliphatic carboxylic acids is 1. The maximum absolute atomic E-state index is 12.8. The third kappa shape index (κ3) is 6.54. The highest BCUT2D eigenvalue weighted by Crippen LogP contribution is 2.24. The number of nitrogens with zero attached hydrogens (tertiary/aromatic N) is 1. The van der Waals surface area contributed by atoms with Crippen LogP contribution in [0, 0.1) is 6.92 Å². The average molecular weight is 488 g/mol. The lowest BCUT2D eigenvalue weighted by atomic mass is 9.92. The number of aromatic amines is 1. The Kier molecular flexibility index (Phi) is 7.70. The number of halogens is 3. The first kappa shape index (κ1) is 25.6. The first-order valence-corrected chi connectivity index (χ1v) is 10.6. The van der Waals surface area contributed by atoms with E-state index in [9.17, 15) is 22.8 Å². The molecule has 1 unspecified atom stereocenters. The molecule has 2 heterocycles. The Morgan fingerprint density at radius 2 is 1.86 bits per heavy atom. The number of carboxylic acid groups (broad SMARTS) is 1. The highest BCUT2D eigenvalue weighted by Gasteiger charge is 2.38. The number of fused-ring (bicyclic) bond motifs is 1. The standard InChI is InChI=1S/C22H22N4O2.C2HF3O2/c1-13-18(14-5-3-2-4-6-14)11-19(21(27)25-13)22(28)26-17-10-15-9-16(23)7-8-20(15)24-12-17;3-2(4,5)1(6)7/h2-6,10-12,16H,7-9,23H2,1H3,(H,25,27)(H,26,28);(H,6,7). The first-order chi connectivity index (χ1) is 16.5. The second-order valence-corrected chi connectivity index (χ2v) is 8.01. The Morgan fingerprint density at radius 3 is 2.49 bits per heavy atom. The molecule has 0 radical (unpaired) electrons. The molecule has 1 aliphatic carbocycles. The normalized spacial score (nSPS) is 14.8. The van der Waals surface area contributed by atoms with E-state index in [2.05, 4.69) is 15.3 Å². The van der Waals surface area contributed by atoms with Gasteiger partial charge in [-0.1, -0.05) is 30.3 Å². The summed E-state index contributed by atoms with van der Waals surface area (Å²) in [6.45, 7) is 1.82. The number of hydrogen-bond acceptors (Lipinski definition) is 5. The summed E-state index contributed by atoms with van der Waals surface area (Å²) in [5.41, 5.74) is 10.8. The molecule has 5 N–H and O–H groups in total. The fourth-order valence-corrected chi connectivity index (χ4v) is 3.62. The van der Waals surface area contributed by atoms with Crippen molar-refractivity contribution >= 4 is 17.6 Å². The van der Waals surface area contributed by atoms with Gasteiger partial charge in [0.1, 0.15) is 5.56 Å². The lowest BCUT2D eigenvalue weighted by molar-refractivity contribution is -0.192. The summed E-state index contributed by atoms with van der Waals surface area (Å²) in [6, 6.07) is 13.3. The Hall–Kier alpha value is -3.99. The SMILES string of the molecule is Cc1[nH]c(=O)c(C(=O)Nc2cnc3c(c2)CC(N)CC3)cc1-c1ccccc1.O=C(O)C(F)(F)F. The Bertz CT molecular complexity index is 1290. The van der Waals surface area contributed by atoms with E-state index >= 15 is 0 Å². The van der Waals surface area contributed by atoms with Crippen molar-refractivity contribution in [2.24, 2.45) is 5.73 Å². The van der Waals surface area contributed by atoms with Gasteiger partial charge in [0.2, 0.25) is 0 Å².